The molecule has 15 heavy (non-hydrogen) atoms. The van der Waals surface area contributed by atoms with Gasteiger partial charge in [-0.25, -0.2) is 0 Å². The van der Waals surface area contributed by atoms with Crippen LogP contribution in [0.4, 0.5) is 0 Å². The Morgan fingerprint density at radius 1 is 1.53 bits per heavy atom. The zero-order chi connectivity index (χ0) is 10.8. The number of rotatable bonds is 3. The van der Waals surface area contributed by atoms with Crippen molar-refractivity contribution in [3.05, 3.63) is 23.9 Å². The van der Waals surface area contributed by atoms with Gasteiger partial charge < -0.3 is 10.8 Å². The SMILES string of the molecule is Cc1nnc2c(C(CN)CO)nccn12. The third-order valence-electron chi connectivity index (χ3n) is 2.42. The number of hydrogen-bond donors (Lipinski definition) is 2. The summed E-state index contributed by atoms with van der Waals surface area (Å²) in [6.45, 7) is 2.17. The van der Waals surface area contributed by atoms with Crippen molar-refractivity contribution in [3.8, 4) is 0 Å². The van der Waals surface area contributed by atoms with E-state index in [1.807, 2.05) is 11.3 Å². The molecule has 2 aromatic rings. The molecular formula is C9H13N5O. The number of aliphatic hydroxyl groups excluding tert-OH is 1. The van der Waals surface area contributed by atoms with Crippen LogP contribution in [0.1, 0.15) is 17.4 Å². The Morgan fingerprint density at radius 2 is 2.33 bits per heavy atom. The van der Waals surface area contributed by atoms with E-state index in [0.717, 1.165) is 5.82 Å². The lowest BCUT2D eigenvalue weighted by atomic mass is 10.1. The number of aryl methyl sites for hydroxylation is 1. The van der Waals surface area contributed by atoms with Crippen LogP contribution in [0.5, 0.6) is 0 Å². The van der Waals surface area contributed by atoms with E-state index in [1.165, 1.54) is 0 Å². The van der Waals surface area contributed by atoms with Gasteiger partial charge in [0.25, 0.3) is 0 Å². The highest BCUT2D eigenvalue weighted by atomic mass is 16.3. The van der Waals surface area contributed by atoms with Crippen LogP contribution < -0.4 is 5.73 Å². The molecule has 0 aliphatic heterocycles. The van der Waals surface area contributed by atoms with Gasteiger partial charge in [0.2, 0.25) is 0 Å². The van der Waals surface area contributed by atoms with Crippen LogP contribution >= 0.6 is 0 Å². The molecular weight excluding hydrogens is 194 g/mol. The fourth-order valence-electron chi connectivity index (χ4n) is 1.52. The van der Waals surface area contributed by atoms with E-state index in [0.29, 0.717) is 17.9 Å². The average molecular weight is 207 g/mol. The van der Waals surface area contributed by atoms with Crippen molar-refractivity contribution in [3.63, 3.8) is 0 Å². The molecule has 1 atom stereocenters. The monoisotopic (exact) mass is 207 g/mol. The Labute approximate surface area is 86.8 Å². The van der Waals surface area contributed by atoms with Gasteiger partial charge in [-0.15, -0.1) is 10.2 Å². The zero-order valence-corrected chi connectivity index (χ0v) is 8.46. The van der Waals surface area contributed by atoms with Crippen molar-refractivity contribution in [2.75, 3.05) is 13.2 Å². The summed E-state index contributed by atoms with van der Waals surface area (Å²) in [6.07, 6.45) is 3.45. The first kappa shape index (κ1) is 10.0. The fourth-order valence-corrected chi connectivity index (χ4v) is 1.52. The number of aromatic nitrogens is 4. The smallest absolute Gasteiger partial charge is 0.182 e. The molecule has 0 aromatic carbocycles. The van der Waals surface area contributed by atoms with E-state index in [9.17, 15) is 0 Å². The molecule has 6 nitrogen and oxygen atoms in total. The van der Waals surface area contributed by atoms with Crippen molar-refractivity contribution in [2.45, 2.75) is 12.8 Å². The zero-order valence-electron chi connectivity index (χ0n) is 8.46. The molecule has 0 saturated carbocycles. The topological polar surface area (TPSA) is 89.3 Å². The van der Waals surface area contributed by atoms with Gasteiger partial charge >= 0.3 is 0 Å². The number of nitrogens with zero attached hydrogens (tertiary/aromatic N) is 4. The predicted molar refractivity (Wildman–Crippen MR) is 54.4 cm³/mol. The van der Waals surface area contributed by atoms with Gasteiger partial charge in [0.05, 0.1) is 12.3 Å². The van der Waals surface area contributed by atoms with Crippen LogP contribution in [0, 0.1) is 6.92 Å². The summed E-state index contributed by atoms with van der Waals surface area (Å²) >= 11 is 0. The lowest BCUT2D eigenvalue weighted by Crippen LogP contribution is -2.18. The largest absolute Gasteiger partial charge is 0.396 e. The molecule has 0 spiro atoms. The van der Waals surface area contributed by atoms with Gasteiger partial charge in [-0.05, 0) is 6.92 Å². The maximum atomic E-state index is 9.17. The first-order chi connectivity index (χ1) is 7.27. The molecule has 6 heteroatoms. The quantitative estimate of drug-likeness (QED) is 0.706. The van der Waals surface area contributed by atoms with E-state index < -0.39 is 0 Å². The van der Waals surface area contributed by atoms with Crippen molar-refractivity contribution in [1.29, 1.82) is 0 Å². The Morgan fingerprint density at radius 3 is 3.00 bits per heavy atom. The van der Waals surface area contributed by atoms with Gasteiger partial charge in [0, 0.05) is 24.9 Å². The fraction of sp³-hybridized carbons (Fsp3) is 0.444. The van der Waals surface area contributed by atoms with Crippen LogP contribution in [0.25, 0.3) is 5.65 Å². The highest BCUT2D eigenvalue weighted by molar-refractivity contribution is 5.45. The minimum atomic E-state index is -0.183. The highest BCUT2D eigenvalue weighted by Gasteiger charge is 2.16. The lowest BCUT2D eigenvalue weighted by Gasteiger charge is -2.10. The normalized spacial score (nSPS) is 13.3. The average Bonchev–Trinajstić information content (AvgIpc) is 2.64. The molecule has 1 unspecified atom stereocenters. The van der Waals surface area contributed by atoms with Gasteiger partial charge in [-0.2, -0.15) is 0 Å². The second-order valence-electron chi connectivity index (χ2n) is 3.37. The second-order valence-corrected chi connectivity index (χ2v) is 3.37. The maximum absolute atomic E-state index is 9.17. The Balaban J connectivity index is 2.60. The van der Waals surface area contributed by atoms with E-state index in [2.05, 4.69) is 15.2 Å². The molecule has 0 amide bonds. The standard InChI is InChI=1S/C9H13N5O/c1-6-12-13-9-8(7(4-10)5-15)11-2-3-14(6)9/h2-3,7,15H,4-5,10H2,1H3. The van der Waals surface area contributed by atoms with Gasteiger partial charge in [-0.3, -0.25) is 9.38 Å². The summed E-state index contributed by atoms with van der Waals surface area (Å²) in [5.41, 5.74) is 6.92. The maximum Gasteiger partial charge on any atom is 0.182 e. The summed E-state index contributed by atoms with van der Waals surface area (Å²) in [4.78, 5) is 4.20. The van der Waals surface area contributed by atoms with E-state index in [4.69, 9.17) is 10.8 Å². The van der Waals surface area contributed by atoms with Crippen LogP contribution in [0.3, 0.4) is 0 Å². The molecule has 80 valence electrons. The van der Waals surface area contributed by atoms with Crippen molar-refractivity contribution in [2.24, 2.45) is 5.73 Å². The summed E-state index contributed by atoms with van der Waals surface area (Å²) in [5, 5.41) is 17.1. The van der Waals surface area contributed by atoms with Crippen molar-refractivity contribution >= 4 is 5.65 Å². The van der Waals surface area contributed by atoms with Gasteiger partial charge in [0.15, 0.2) is 5.65 Å². The number of fused-ring (bicyclic) bond motifs is 1. The minimum absolute atomic E-state index is 0.0327. The third kappa shape index (κ3) is 1.57. The van der Waals surface area contributed by atoms with Crippen molar-refractivity contribution < 1.29 is 5.11 Å². The number of hydrogen-bond acceptors (Lipinski definition) is 5. The third-order valence-corrected chi connectivity index (χ3v) is 2.42. The predicted octanol–water partition coefficient (Wildman–Crippen LogP) is -0.533. The molecule has 2 aromatic heterocycles. The first-order valence-electron chi connectivity index (χ1n) is 4.75. The number of nitrogens with two attached hydrogens (primary N) is 1. The Hall–Kier alpha value is -1.53. The number of aliphatic hydroxyl groups is 1. The molecule has 0 radical (unpaired) electrons. The molecule has 0 bridgehead atoms. The summed E-state index contributed by atoms with van der Waals surface area (Å²) in [5.74, 6) is 0.611. The van der Waals surface area contributed by atoms with Gasteiger partial charge in [-0.1, -0.05) is 0 Å². The van der Waals surface area contributed by atoms with Crippen LogP contribution in [-0.2, 0) is 0 Å². The molecule has 2 rings (SSSR count). The van der Waals surface area contributed by atoms with Crippen LogP contribution in [0.15, 0.2) is 12.4 Å². The molecule has 0 aliphatic rings. The highest BCUT2D eigenvalue weighted by Crippen LogP contribution is 2.16. The first-order valence-corrected chi connectivity index (χ1v) is 4.75. The minimum Gasteiger partial charge on any atom is -0.396 e. The lowest BCUT2D eigenvalue weighted by molar-refractivity contribution is 0.266. The summed E-state index contributed by atoms with van der Waals surface area (Å²) in [6, 6.07) is 0. The van der Waals surface area contributed by atoms with Crippen LogP contribution in [0.2, 0.25) is 0 Å². The van der Waals surface area contributed by atoms with Crippen LogP contribution in [-0.4, -0.2) is 37.8 Å². The van der Waals surface area contributed by atoms with E-state index in [-0.39, 0.29) is 12.5 Å². The Bertz CT molecular complexity index is 462. The Kier molecular flexibility index (Phi) is 2.61. The molecule has 0 fully saturated rings. The second kappa shape index (κ2) is 3.92. The van der Waals surface area contributed by atoms with E-state index >= 15 is 0 Å². The van der Waals surface area contributed by atoms with Crippen molar-refractivity contribution in [1.82, 2.24) is 19.6 Å². The summed E-state index contributed by atoms with van der Waals surface area (Å²) in [7, 11) is 0. The van der Waals surface area contributed by atoms with Gasteiger partial charge in [0.1, 0.15) is 5.82 Å². The molecule has 0 aliphatic carbocycles. The molecule has 3 N–H and O–H groups in total. The molecule has 2 heterocycles. The van der Waals surface area contributed by atoms with E-state index in [1.54, 1.807) is 12.4 Å². The molecule has 0 saturated heterocycles. The summed E-state index contributed by atoms with van der Waals surface area (Å²) < 4.78 is 1.83.